The Morgan fingerprint density at radius 1 is 1.17 bits per heavy atom. The number of benzene rings is 1. The van der Waals surface area contributed by atoms with Crippen molar-refractivity contribution in [1.82, 2.24) is 10.2 Å². The summed E-state index contributed by atoms with van der Waals surface area (Å²) < 4.78 is 10.2. The second-order valence-corrected chi connectivity index (χ2v) is 5.51. The second kappa shape index (κ2) is 7.54. The molecule has 1 amide bonds. The largest absolute Gasteiger partial charge is 0.497 e. The summed E-state index contributed by atoms with van der Waals surface area (Å²) in [5.41, 5.74) is 0.350. The molecule has 0 aliphatic rings. The lowest BCUT2D eigenvalue weighted by Gasteiger charge is -2.07. The Bertz CT molecular complexity index is 694. The number of anilines is 1. The van der Waals surface area contributed by atoms with E-state index in [-0.39, 0.29) is 18.7 Å². The van der Waals surface area contributed by atoms with Crippen molar-refractivity contribution in [3.05, 3.63) is 28.8 Å². The second-order valence-electron chi connectivity index (χ2n) is 4.45. The Labute approximate surface area is 136 Å². The van der Waals surface area contributed by atoms with Crippen molar-refractivity contribution in [2.45, 2.75) is 12.8 Å². The highest BCUT2D eigenvalue weighted by Gasteiger charge is 2.13. The zero-order valence-corrected chi connectivity index (χ0v) is 13.3. The molecule has 0 bridgehead atoms. The average molecular weight is 337 g/mol. The minimum Gasteiger partial charge on any atom is -0.497 e. The van der Waals surface area contributed by atoms with Crippen molar-refractivity contribution in [2.24, 2.45) is 0 Å². The number of amides is 1. The van der Waals surface area contributed by atoms with Crippen molar-refractivity contribution < 1.29 is 24.2 Å². The fraction of sp³-hybridized carbons (Fsp3) is 0.286. The predicted octanol–water partition coefficient (Wildman–Crippen LogP) is 1.82. The lowest BCUT2D eigenvalue weighted by molar-refractivity contribution is -0.136. The van der Waals surface area contributed by atoms with Gasteiger partial charge >= 0.3 is 5.97 Å². The van der Waals surface area contributed by atoms with Crippen LogP contribution in [-0.2, 0) is 11.2 Å². The zero-order chi connectivity index (χ0) is 16.8. The first-order chi connectivity index (χ1) is 11.0. The van der Waals surface area contributed by atoms with Gasteiger partial charge in [0.2, 0.25) is 5.13 Å². The molecule has 0 fully saturated rings. The molecular formula is C14H15N3O5S. The van der Waals surface area contributed by atoms with Crippen LogP contribution in [0.4, 0.5) is 5.13 Å². The molecule has 0 radical (unpaired) electrons. The average Bonchev–Trinajstić information content (AvgIpc) is 2.99. The summed E-state index contributed by atoms with van der Waals surface area (Å²) >= 11 is 1.14. The first-order valence-electron chi connectivity index (χ1n) is 6.60. The molecule has 0 aliphatic heterocycles. The van der Waals surface area contributed by atoms with E-state index in [9.17, 15) is 9.59 Å². The third-order valence-electron chi connectivity index (χ3n) is 2.85. The predicted molar refractivity (Wildman–Crippen MR) is 83.4 cm³/mol. The molecule has 0 saturated carbocycles. The molecule has 2 aromatic rings. The number of aryl methyl sites for hydroxylation is 1. The van der Waals surface area contributed by atoms with Gasteiger partial charge in [0.15, 0.2) is 0 Å². The van der Waals surface area contributed by atoms with Gasteiger partial charge in [-0.15, -0.1) is 10.2 Å². The van der Waals surface area contributed by atoms with Gasteiger partial charge in [0.25, 0.3) is 5.91 Å². The number of carbonyl (C=O) groups is 2. The lowest BCUT2D eigenvalue weighted by Crippen LogP contribution is -2.12. The van der Waals surface area contributed by atoms with E-state index < -0.39 is 5.97 Å². The number of rotatable bonds is 7. The van der Waals surface area contributed by atoms with Crippen LogP contribution in [0.15, 0.2) is 18.2 Å². The van der Waals surface area contributed by atoms with Crippen molar-refractivity contribution in [1.29, 1.82) is 0 Å². The fourth-order valence-electron chi connectivity index (χ4n) is 1.73. The highest BCUT2D eigenvalue weighted by molar-refractivity contribution is 7.15. The Morgan fingerprint density at radius 2 is 1.83 bits per heavy atom. The molecule has 8 nitrogen and oxygen atoms in total. The summed E-state index contributed by atoms with van der Waals surface area (Å²) in [6.45, 7) is 0. The Morgan fingerprint density at radius 3 is 2.39 bits per heavy atom. The molecule has 2 N–H and O–H groups in total. The minimum atomic E-state index is -0.908. The van der Waals surface area contributed by atoms with E-state index in [4.69, 9.17) is 14.6 Å². The molecule has 0 atom stereocenters. The first-order valence-corrected chi connectivity index (χ1v) is 7.42. The van der Waals surface area contributed by atoms with Crippen LogP contribution in [0.25, 0.3) is 0 Å². The zero-order valence-electron chi connectivity index (χ0n) is 12.5. The van der Waals surface area contributed by atoms with E-state index >= 15 is 0 Å². The topological polar surface area (TPSA) is 111 Å². The quantitative estimate of drug-likeness (QED) is 0.793. The monoisotopic (exact) mass is 337 g/mol. The normalized spacial score (nSPS) is 10.2. The third-order valence-corrected chi connectivity index (χ3v) is 3.75. The van der Waals surface area contributed by atoms with Gasteiger partial charge in [-0.05, 0) is 12.1 Å². The highest BCUT2D eigenvalue weighted by Crippen LogP contribution is 2.24. The number of hydrogen-bond acceptors (Lipinski definition) is 7. The third kappa shape index (κ3) is 4.65. The van der Waals surface area contributed by atoms with Crippen molar-refractivity contribution in [3.8, 4) is 11.5 Å². The Hall–Kier alpha value is -2.68. The number of carboxylic acids is 1. The highest BCUT2D eigenvalue weighted by atomic mass is 32.1. The van der Waals surface area contributed by atoms with Crippen LogP contribution < -0.4 is 14.8 Å². The maximum atomic E-state index is 12.2. The molecule has 1 heterocycles. The van der Waals surface area contributed by atoms with Crippen molar-refractivity contribution >= 4 is 28.3 Å². The number of hydrogen-bond donors (Lipinski definition) is 2. The van der Waals surface area contributed by atoms with E-state index in [0.29, 0.717) is 27.2 Å². The Kier molecular flexibility index (Phi) is 5.47. The molecular weight excluding hydrogens is 322 g/mol. The van der Waals surface area contributed by atoms with Crippen molar-refractivity contribution in [3.63, 3.8) is 0 Å². The van der Waals surface area contributed by atoms with Gasteiger partial charge in [0.05, 0.1) is 20.6 Å². The molecule has 1 aromatic heterocycles. The van der Waals surface area contributed by atoms with Crippen LogP contribution in [0.3, 0.4) is 0 Å². The maximum Gasteiger partial charge on any atom is 0.303 e. The number of aliphatic carboxylic acids is 1. The van der Waals surface area contributed by atoms with Gasteiger partial charge < -0.3 is 14.6 Å². The summed E-state index contributed by atoms with van der Waals surface area (Å²) in [5.74, 6) is -0.305. The van der Waals surface area contributed by atoms with E-state index in [2.05, 4.69) is 15.5 Å². The van der Waals surface area contributed by atoms with Crippen LogP contribution >= 0.6 is 11.3 Å². The molecule has 0 unspecified atom stereocenters. The maximum absolute atomic E-state index is 12.2. The van der Waals surface area contributed by atoms with Gasteiger partial charge in [-0.2, -0.15) is 0 Å². The first kappa shape index (κ1) is 16.7. The van der Waals surface area contributed by atoms with E-state index in [0.717, 1.165) is 11.3 Å². The fourth-order valence-corrected chi connectivity index (χ4v) is 2.46. The van der Waals surface area contributed by atoms with Crippen LogP contribution in [0.2, 0.25) is 0 Å². The van der Waals surface area contributed by atoms with Gasteiger partial charge in [0.1, 0.15) is 16.5 Å². The van der Waals surface area contributed by atoms with Gasteiger partial charge in [0, 0.05) is 18.1 Å². The number of carbonyl (C=O) groups excluding carboxylic acids is 1. The molecule has 0 aliphatic carbocycles. The molecule has 0 saturated heterocycles. The summed E-state index contributed by atoms with van der Waals surface area (Å²) in [6, 6.07) is 4.81. The summed E-state index contributed by atoms with van der Waals surface area (Å²) in [4.78, 5) is 22.8. The molecule has 23 heavy (non-hydrogen) atoms. The number of nitrogens with one attached hydrogen (secondary N) is 1. The standard InChI is InChI=1S/C14H15N3O5S/c1-21-9-5-8(6-10(7-9)22-2)13(20)15-14-17-16-11(23-14)3-4-12(18)19/h5-7H,3-4H2,1-2H3,(H,18,19)(H,15,17,20). The minimum absolute atomic E-state index is 0.0321. The van der Waals surface area contributed by atoms with E-state index in [1.807, 2.05) is 0 Å². The summed E-state index contributed by atoms with van der Waals surface area (Å²) in [6.07, 6.45) is 0.242. The number of aromatic nitrogens is 2. The molecule has 1 aromatic carbocycles. The SMILES string of the molecule is COc1cc(OC)cc(C(=O)Nc2nnc(CCC(=O)O)s2)c1. The number of methoxy groups -OCH3 is 2. The van der Waals surface area contributed by atoms with Gasteiger partial charge in [-0.25, -0.2) is 0 Å². The van der Waals surface area contributed by atoms with E-state index in [1.165, 1.54) is 14.2 Å². The lowest BCUT2D eigenvalue weighted by atomic mass is 10.2. The number of nitrogens with zero attached hydrogens (tertiary/aromatic N) is 2. The van der Waals surface area contributed by atoms with Crippen LogP contribution in [-0.4, -0.2) is 41.4 Å². The summed E-state index contributed by atoms with van der Waals surface area (Å²) in [7, 11) is 2.99. The molecule has 2 rings (SSSR count). The molecule has 122 valence electrons. The van der Waals surface area contributed by atoms with Gasteiger partial charge in [-0.3, -0.25) is 14.9 Å². The van der Waals surface area contributed by atoms with Crippen LogP contribution in [0, 0.1) is 0 Å². The summed E-state index contributed by atoms with van der Waals surface area (Å²) in [5, 5.41) is 19.8. The van der Waals surface area contributed by atoms with E-state index in [1.54, 1.807) is 18.2 Å². The smallest absolute Gasteiger partial charge is 0.303 e. The van der Waals surface area contributed by atoms with Crippen LogP contribution in [0.1, 0.15) is 21.8 Å². The molecule has 9 heteroatoms. The molecule has 0 spiro atoms. The van der Waals surface area contributed by atoms with Crippen LogP contribution in [0.5, 0.6) is 11.5 Å². The van der Waals surface area contributed by atoms with Crippen molar-refractivity contribution in [2.75, 3.05) is 19.5 Å². The van der Waals surface area contributed by atoms with Gasteiger partial charge in [-0.1, -0.05) is 11.3 Å². The Balaban J connectivity index is 2.08. The number of carboxylic acid groups (broad SMARTS) is 1. The number of ether oxygens (including phenoxy) is 2.